The number of aldehydes is 1. The topological polar surface area (TPSA) is 147 Å². The molecule has 0 saturated heterocycles. The van der Waals surface area contributed by atoms with Gasteiger partial charge in [-0.1, -0.05) is 25.6 Å². The number of nitrogen functional groups attached to an aromatic ring is 1. The van der Waals surface area contributed by atoms with Gasteiger partial charge in [0.2, 0.25) is 0 Å². The first-order valence-electron chi connectivity index (χ1n) is 7.39. The van der Waals surface area contributed by atoms with Gasteiger partial charge in [0.1, 0.15) is 23.0 Å². The molecule has 2 N–H and O–H groups in total. The molecule has 1 aromatic carbocycles. The Labute approximate surface area is 153 Å². The number of hydrogen-bond donors (Lipinski definition) is 1. The highest BCUT2D eigenvalue weighted by Crippen LogP contribution is 2.37. The van der Waals surface area contributed by atoms with E-state index >= 15 is 0 Å². The summed E-state index contributed by atoms with van der Waals surface area (Å²) in [5.41, 5.74) is 6.59. The first kappa shape index (κ1) is 18.9. The summed E-state index contributed by atoms with van der Waals surface area (Å²) in [6.07, 6.45) is 0.498. The molecule has 8 nitrogen and oxygen atoms in total. The van der Waals surface area contributed by atoms with Crippen LogP contribution < -0.4 is 5.73 Å². The van der Waals surface area contributed by atoms with Gasteiger partial charge >= 0.3 is 0 Å². The average Bonchev–Trinajstić information content (AvgIpc) is 2.61. The van der Waals surface area contributed by atoms with E-state index in [1.165, 1.54) is 12.1 Å². The van der Waals surface area contributed by atoms with Crippen LogP contribution in [0.2, 0.25) is 0 Å². The summed E-state index contributed by atoms with van der Waals surface area (Å²) in [5.74, 6) is -0.154. The summed E-state index contributed by atoms with van der Waals surface area (Å²) in [5, 5.41) is 30.0. The minimum absolute atomic E-state index is 0.00716. The predicted molar refractivity (Wildman–Crippen MR) is 94.8 cm³/mol. The number of rotatable bonds is 5. The molecule has 0 aliphatic rings. The second kappa shape index (κ2) is 7.64. The van der Waals surface area contributed by atoms with Crippen molar-refractivity contribution in [3.8, 4) is 12.1 Å². The summed E-state index contributed by atoms with van der Waals surface area (Å²) < 4.78 is 0. The number of carbonyl (C=O) groups is 1. The van der Waals surface area contributed by atoms with E-state index < -0.39 is 4.92 Å². The highest BCUT2D eigenvalue weighted by Gasteiger charge is 2.22. The van der Waals surface area contributed by atoms with Gasteiger partial charge in [-0.2, -0.15) is 10.5 Å². The SMILES string of the molecule is CC(C)c1c(C#N)c(N)nc(Sc2ccc([N+](=O)[O-])cc2C=O)c1C#N. The Hall–Kier alpha value is -3.43. The van der Waals surface area contributed by atoms with E-state index in [2.05, 4.69) is 4.98 Å². The standard InChI is InChI=1S/C17H13N5O3S/c1-9(2)15-12(6-18)16(20)21-17(13(15)7-19)26-14-4-3-11(22(24)25)5-10(14)8-23/h3-5,8-9H,1-2H3,(H2,20,21). The van der Waals surface area contributed by atoms with Crippen LogP contribution in [0.3, 0.4) is 0 Å². The maximum absolute atomic E-state index is 11.3. The predicted octanol–water partition coefficient (Wildman–Crippen LogP) is 3.40. The molecule has 0 aliphatic carbocycles. The zero-order chi connectivity index (χ0) is 19.4. The van der Waals surface area contributed by atoms with Crippen molar-refractivity contribution in [1.82, 2.24) is 4.98 Å². The van der Waals surface area contributed by atoms with Crippen LogP contribution >= 0.6 is 11.8 Å². The molecule has 0 amide bonds. The first-order chi connectivity index (χ1) is 12.3. The molecule has 130 valence electrons. The van der Waals surface area contributed by atoms with Crippen LogP contribution in [-0.4, -0.2) is 16.2 Å². The molecule has 2 rings (SSSR count). The number of pyridine rings is 1. The van der Waals surface area contributed by atoms with Gasteiger partial charge in [-0.25, -0.2) is 4.98 Å². The van der Waals surface area contributed by atoms with Crippen molar-refractivity contribution in [1.29, 1.82) is 10.5 Å². The van der Waals surface area contributed by atoms with Crippen molar-refractivity contribution in [2.45, 2.75) is 29.7 Å². The van der Waals surface area contributed by atoms with Gasteiger partial charge in [-0.05, 0) is 17.5 Å². The second-order valence-corrected chi connectivity index (χ2v) is 6.57. The van der Waals surface area contributed by atoms with Crippen LogP contribution in [0.4, 0.5) is 11.5 Å². The molecule has 9 heteroatoms. The van der Waals surface area contributed by atoms with E-state index in [0.29, 0.717) is 16.7 Å². The number of benzene rings is 1. The average molecular weight is 367 g/mol. The Balaban J connectivity index is 2.65. The summed E-state index contributed by atoms with van der Waals surface area (Å²) in [7, 11) is 0. The zero-order valence-corrected chi connectivity index (χ0v) is 14.7. The third-order valence-corrected chi connectivity index (χ3v) is 4.65. The molecule has 0 fully saturated rings. The van der Waals surface area contributed by atoms with Crippen molar-refractivity contribution in [2.24, 2.45) is 0 Å². The van der Waals surface area contributed by atoms with Gasteiger partial charge in [-0.3, -0.25) is 14.9 Å². The monoisotopic (exact) mass is 367 g/mol. The molecule has 0 spiro atoms. The molecular formula is C17H13N5O3S. The van der Waals surface area contributed by atoms with Crippen LogP contribution in [0.25, 0.3) is 0 Å². The molecular weight excluding hydrogens is 354 g/mol. The number of hydrogen-bond acceptors (Lipinski definition) is 8. The number of nitro groups is 1. The number of nitro benzene ring substituents is 1. The van der Waals surface area contributed by atoms with Crippen molar-refractivity contribution >= 4 is 29.6 Å². The lowest BCUT2D eigenvalue weighted by atomic mass is 9.94. The second-order valence-electron chi connectivity index (χ2n) is 5.54. The summed E-state index contributed by atoms with van der Waals surface area (Å²) in [4.78, 5) is 26.1. The van der Waals surface area contributed by atoms with E-state index in [9.17, 15) is 25.4 Å². The first-order valence-corrected chi connectivity index (χ1v) is 8.20. The number of nitrogens with zero attached hydrogens (tertiary/aromatic N) is 4. The highest BCUT2D eigenvalue weighted by atomic mass is 32.2. The summed E-state index contributed by atoms with van der Waals surface area (Å²) >= 11 is 0.998. The van der Waals surface area contributed by atoms with Gasteiger partial charge < -0.3 is 5.73 Å². The molecule has 0 saturated carbocycles. The maximum Gasteiger partial charge on any atom is 0.270 e. The van der Waals surface area contributed by atoms with E-state index in [4.69, 9.17) is 5.73 Å². The Kier molecular flexibility index (Phi) is 5.55. The van der Waals surface area contributed by atoms with Crippen molar-refractivity contribution < 1.29 is 9.72 Å². The molecule has 2 aromatic rings. The molecule has 0 unspecified atom stereocenters. The number of carbonyl (C=O) groups excluding carboxylic acids is 1. The smallest absolute Gasteiger partial charge is 0.270 e. The minimum Gasteiger partial charge on any atom is -0.383 e. The van der Waals surface area contributed by atoms with Crippen LogP contribution in [0.1, 0.15) is 46.8 Å². The highest BCUT2D eigenvalue weighted by molar-refractivity contribution is 7.99. The minimum atomic E-state index is -0.600. The lowest BCUT2D eigenvalue weighted by molar-refractivity contribution is -0.384. The molecule has 1 aromatic heterocycles. The Bertz CT molecular complexity index is 989. The molecule has 0 atom stereocenters. The number of nitrogens with two attached hydrogens (primary N) is 1. The van der Waals surface area contributed by atoms with Gasteiger partial charge in [0.25, 0.3) is 5.69 Å². The third kappa shape index (κ3) is 3.48. The van der Waals surface area contributed by atoms with Crippen molar-refractivity contribution in [3.05, 3.63) is 50.6 Å². The normalized spacial score (nSPS) is 10.2. The van der Waals surface area contributed by atoms with E-state index in [0.717, 1.165) is 17.8 Å². The molecule has 0 aliphatic heterocycles. The number of aromatic nitrogens is 1. The fraction of sp³-hybridized carbons (Fsp3) is 0.176. The van der Waals surface area contributed by atoms with E-state index in [1.54, 1.807) is 0 Å². The van der Waals surface area contributed by atoms with E-state index in [1.807, 2.05) is 26.0 Å². The van der Waals surface area contributed by atoms with Crippen LogP contribution in [-0.2, 0) is 0 Å². The summed E-state index contributed by atoms with van der Waals surface area (Å²) in [6.45, 7) is 3.65. The maximum atomic E-state index is 11.3. The van der Waals surface area contributed by atoms with Crippen LogP contribution in [0, 0.1) is 32.8 Å². The largest absolute Gasteiger partial charge is 0.383 e. The van der Waals surface area contributed by atoms with Crippen LogP contribution in [0.15, 0.2) is 28.1 Å². The van der Waals surface area contributed by atoms with Gasteiger partial charge in [-0.15, -0.1) is 0 Å². The van der Waals surface area contributed by atoms with Crippen LogP contribution in [0.5, 0.6) is 0 Å². The van der Waals surface area contributed by atoms with Gasteiger partial charge in [0, 0.05) is 22.6 Å². The van der Waals surface area contributed by atoms with Gasteiger partial charge in [0.15, 0.2) is 6.29 Å². The fourth-order valence-corrected chi connectivity index (χ4v) is 3.39. The lowest BCUT2D eigenvalue weighted by Crippen LogP contribution is -2.07. The zero-order valence-electron chi connectivity index (χ0n) is 13.9. The Morgan fingerprint density at radius 2 is 1.96 bits per heavy atom. The van der Waals surface area contributed by atoms with Crippen molar-refractivity contribution in [3.63, 3.8) is 0 Å². The van der Waals surface area contributed by atoms with E-state index in [-0.39, 0.29) is 39.1 Å². The molecule has 1 heterocycles. The van der Waals surface area contributed by atoms with Crippen molar-refractivity contribution in [2.75, 3.05) is 5.73 Å². The van der Waals surface area contributed by atoms with Gasteiger partial charge in [0.05, 0.1) is 16.1 Å². The number of non-ortho nitro benzene ring substituents is 1. The summed E-state index contributed by atoms with van der Waals surface area (Å²) in [6, 6.07) is 7.85. The fourth-order valence-electron chi connectivity index (χ4n) is 2.41. The molecule has 26 heavy (non-hydrogen) atoms. The quantitative estimate of drug-likeness (QED) is 0.480. The number of nitriles is 2. The lowest BCUT2D eigenvalue weighted by Gasteiger charge is -2.15. The Morgan fingerprint density at radius 3 is 2.46 bits per heavy atom. The number of anilines is 1. The molecule has 0 bridgehead atoms. The Morgan fingerprint density at radius 1 is 1.31 bits per heavy atom. The third-order valence-electron chi connectivity index (χ3n) is 3.57. The molecule has 0 radical (unpaired) electrons.